The second-order valence-electron chi connectivity index (χ2n) is 4.00. The molecule has 0 atom stereocenters. The number of hydrogen-bond acceptors (Lipinski definition) is 8. The molecule has 0 rings (SSSR count). The van der Waals surface area contributed by atoms with Crippen LogP contribution in [0, 0.1) is 0 Å². The van der Waals surface area contributed by atoms with Crippen LogP contribution in [0.4, 0.5) is 0 Å². The van der Waals surface area contributed by atoms with Crippen molar-refractivity contribution in [2.45, 2.75) is 0 Å². The third-order valence-electron chi connectivity index (χ3n) is 2.17. The summed E-state index contributed by atoms with van der Waals surface area (Å²) in [5.41, 5.74) is 0. The predicted molar refractivity (Wildman–Crippen MR) is 67.3 cm³/mol. The van der Waals surface area contributed by atoms with Crippen molar-refractivity contribution in [2.24, 2.45) is 0 Å². The van der Waals surface area contributed by atoms with E-state index >= 15 is 0 Å². The minimum Gasteiger partial charge on any atom is -0.870 e. The SMILES string of the molecule is O=C(O)CN(CCN(CC(=O)O)CC(=O)O)CC(=O)O.[K+].[K+].[OH-].[OH-]. The van der Waals surface area contributed by atoms with Crippen molar-refractivity contribution in [2.75, 3.05) is 39.3 Å². The fraction of sp³-hybridized carbons (Fsp3) is 0.600. The smallest absolute Gasteiger partial charge is 0.870 e. The first kappa shape index (κ1) is 36.0. The minimum absolute atomic E-state index is 0. The van der Waals surface area contributed by atoms with Crippen molar-refractivity contribution in [3.8, 4) is 0 Å². The molecule has 0 radical (unpaired) electrons. The average Bonchev–Trinajstić information content (AvgIpc) is 2.22. The first-order valence-corrected chi connectivity index (χ1v) is 5.52. The van der Waals surface area contributed by atoms with Gasteiger partial charge in [0, 0.05) is 13.1 Å². The van der Waals surface area contributed by atoms with E-state index in [1.165, 1.54) is 0 Å². The molecular formula is C10H18K2N2O10. The van der Waals surface area contributed by atoms with Gasteiger partial charge in [-0.25, -0.2) is 0 Å². The summed E-state index contributed by atoms with van der Waals surface area (Å²) in [6.45, 7) is -2.25. The molecule has 14 heteroatoms. The van der Waals surface area contributed by atoms with E-state index in [9.17, 15) is 19.2 Å². The maximum Gasteiger partial charge on any atom is 1.00 e. The van der Waals surface area contributed by atoms with Gasteiger partial charge in [-0.1, -0.05) is 0 Å². The van der Waals surface area contributed by atoms with Crippen LogP contribution >= 0.6 is 0 Å². The van der Waals surface area contributed by atoms with E-state index in [2.05, 4.69) is 0 Å². The first-order chi connectivity index (χ1) is 9.20. The number of hydrogen-bond donors (Lipinski definition) is 4. The number of carboxylic acids is 4. The summed E-state index contributed by atoms with van der Waals surface area (Å²) in [6, 6.07) is 0. The topological polar surface area (TPSA) is 216 Å². The molecule has 0 heterocycles. The quantitative estimate of drug-likeness (QED) is 0.236. The summed E-state index contributed by atoms with van der Waals surface area (Å²) in [6.07, 6.45) is 0. The molecule has 0 aliphatic rings. The van der Waals surface area contributed by atoms with Crippen molar-refractivity contribution in [3.63, 3.8) is 0 Å². The number of nitrogens with zero attached hydrogens (tertiary/aromatic N) is 2. The Balaban J connectivity index is -0.000000301. The number of aliphatic carboxylic acids is 4. The van der Waals surface area contributed by atoms with Crippen molar-refractivity contribution < 1.29 is 153 Å². The maximum atomic E-state index is 10.6. The molecule has 12 nitrogen and oxygen atoms in total. The Hall–Kier alpha value is 0.993. The Bertz CT molecular complexity index is 328. The minimum atomic E-state index is -1.23. The van der Waals surface area contributed by atoms with Crippen LogP contribution in [0.15, 0.2) is 0 Å². The van der Waals surface area contributed by atoms with Gasteiger partial charge in [0.05, 0.1) is 26.2 Å². The Kier molecular flexibility index (Phi) is 30.5. The number of carbonyl (C=O) groups is 4. The van der Waals surface area contributed by atoms with Gasteiger partial charge < -0.3 is 31.4 Å². The monoisotopic (exact) mass is 404 g/mol. The first-order valence-electron chi connectivity index (χ1n) is 5.52. The van der Waals surface area contributed by atoms with Gasteiger partial charge in [0.15, 0.2) is 0 Å². The molecule has 0 aromatic heterocycles. The normalized spacial score (nSPS) is 8.92. The molecule has 0 fully saturated rings. The Morgan fingerprint density at radius 1 is 0.542 bits per heavy atom. The molecular weight excluding hydrogens is 386 g/mol. The fourth-order valence-electron chi connectivity index (χ4n) is 1.48. The van der Waals surface area contributed by atoms with E-state index in [-0.39, 0.29) is 127 Å². The Morgan fingerprint density at radius 3 is 0.833 bits per heavy atom. The van der Waals surface area contributed by atoms with Gasteiger partial charge in [-0.2, -0.15) is 0 Å². The van der Waals surface area contributed by atoms with Gasteiger partial charge in [-0.3, -0.25) is 29.0 Å². The van der Waals surface area contributed by atoms with Crippen molar-refractivity contribution >= 4 is 23.9 Å². The van der Waals surface area contributed by atoms with Crippen LogP contribution < -0.4 is 103 Å². The van der Waals surface area contributed by atoms with Gasteiger partial charge in [-0.05, 0) is 0 Å². The van der Waals surface area contributed by atoms with Gasteiger partial charge in [0.1, 0.15) is 0 Å². The third-order valence-corrected chi connectivity index (χ3v) is 2.17. The van der Waals surface area contributed by atoms with Gasteiger partial charge in [0.2, 0.25) is 0 Å². The van der Waals surface area contributed by atoms with Crippen LogP contribution in [0.3, 0.4) is 0 Å². The fourth-order valence-corrected chi connectivity index (χ4v) is 1.48. The Morgan fingerprint density at radius 2 is 0.708 bits per heavy atom. The van der Waals surface area contributed by atoms with E-state index < -0.39 is 50.1 Å². The second-order valence-corrected chi connectivity index (χ2v) is 4.00. The maximum absolute atomic E-state index is 10.6. The summed E-state index contributed by atoms with van der Waals surface area (Å²) in [7, 11) is 0. The second kappa shape index (κ2) is 20.3. The zero-order valence-corrected chi connectivity index (χ0v) is 19.7. The molecule has 0 aromatic carbocycles. The molecule has 0 amide bonds. The van der Waals surface area contributed by atoms with Crippen LogP contribution in [-0.4, -0.2) is 104 Å². The van der Waals surface area contributed by atoms with Crippen LogP contribution in [0.25, 0.3) is 0 Å². The van der Waals surface area contributed by atoms with E-state index in [0.29, 0.717) is 0 Å². The zero-order valence-electron chi connectivity index (χ0n) is 13.5. The molecule has 0 aliphatic carbocycles. The molecule has 0 saturated heterocycles. The summed E-state index contributed by atoms with van der Waals surface area (Å²) < 4.78 is 0. The molecule has 0 aromatic rings. The van der Waals surface area contributed by atoms with Crippen LogP contribution in [-0.2, 0) is 19.2 Å². The van der Waals surface area contributed by atoms with Crippen LogP contribution in [0.1, 0.15) is 0 Å². The van der Waals surface area contributed by atoms with Crippen molar-refractivity contribution in [3.05, 3.63) is 0 Å². The summed E-state index contributed by atoms with van der Waals surface area (Å²) in [5.74, 6) is -4.91. The van der Waals surface area contributed by atoms with Crippen LogP contribution in [0.2, 0.25) is 0 Å². The van der Waals surface area contributed by atoms with Gasteiger partial charge in [0.25, 0.3) is 0 Å². The molecule has 0 aliphatic heterocycles. The predicted octanol–water partition coefficient (Wildman–Crippen LogP) is -8.42. The summed E-state index contributed by atoms with van der Waals surface area (Å²) >= 11 is 0. The third kappa shape index (κ3) is 23.0. The van der Waals surface area contributed by atoms with Crippen LogP contribution in [0.5, 0.6) is 0 Å². The average molecular weight is 404 g/mol. The van der Waals surface area contributed by atoms with Crippen molar-refractivity contribution in [1.29, 1.82) is 0 Å². The number of carboxylic acid groups (broad SMARTS) is 4. The molecule has 0 bridgehead atoms. The van der Waals surface area contributed by atoms with Gasteiger partial charge in [-0.15, -0.1) is 0 Å². The van der Waals surface area contributed by atoms with E-state index in [1.807, 2.05) is 0 Å². The Labute approximate surface area is 222 Å². The van der Waals surface area contributed by atoms with E-state index in [1.54, 1.807) is 0 Å². The molecule has 6 N–H and O–H groups in total. The number of rotatable bonds is 11. The molecule has 0 saturated carbocycles. The summed E-state index contributed by atoms with van der Waals surface area (Å²) in [5, 5.41) is 34.5. The van der Waals surface area contributed by atoms with E-state index in [0.717, 1.165) is 9.80 Å². The molecule has 0 spiro atoms. The molecule has 24 heavy (non-hydrogen) atoms. The largest absolute Gasteiger partial charge is 1.00 e. The summed E-state index contributed by atoms with van der Waals surface area (Å²) in [4.78, 5) is 44.4. The van der Waals surface area contributed by atoms with E-state index in [4.69, 9.17) is 20.4 Å². The zero-order chi connectivity index (χ0) is 15.7. The molecule has 0 unspecified atom stereocenters. The molecule has 130 valence electrons. The van der Waals surface area contributed by atoms with Crippen molar-refractivity contribution in [1.82, 2.24) is 9.80 Å². The van der Waals surface area contributed by atoms with Gasteiger partial charge >= 0.3 is 127 Å². The standard InChI is InChI=1S/C10H16N2O8.2K.2H2O/c13-7(14)3-11(4-8(15)16)1-2-12(5-9(17)18)6-10(19)20;;;;/h1-6H2,(H,13,14)(H,15,16)(H,17,18)(H,19,20);;;2*1H2/q;2*+1;;/p-2.